The van der Waals surface area contributed by atoms with Crippen LogP contribution in [0.25, 0.3) is 0 Å². The van der Waals surface area contributed by atoms with Crippen LogP contribution in [0.3, 0.4) is 0 Å². The lowest BCUT2D eigenvalue weighted by Crippen LogP contribution is -2.09. The number of aryl methyl sites for hydroxylation is 1. The van der Waals surface area contributed by atoms with Crippen LogP contribution in [0.5, 0.6) is 0 Å². The molecule has 0 bridgehead atoms. The maximum absolute atomic E-state index is 13.2. The molecule has 14 heavy (non-hydrogen) atoms. The number of carbonyl (C=O) groups excluding carboxylic acids is 1. The summed E-state index contributed by atoms with van der Waals surface area (Å²) in [5.74, 6) is -2.66. The van der Waals surface area contributed by atoms with Crippen molar-refractivity contribution in [3.05, 3.63) is 34.9 Å². The number of halogens is 2. The Bertz CT molecular complexity index is 363. The average Bonchev–Trinajstić information content (AvgIpc) is 2.11. The third-order valence-electron chi connectivity index (χ3n) is 1.63. The fourth-order valence-corrected chi connectivity index (χ4v) is 1.01. The van der Waals surface area contributed by atoms with Crippen molar-refractivity contribution in [2.45, 2.75) is 6.92 Å². The van der Waals surface area contributed by atoms with Crippen LogP contribution in [0.1, 0.15) is 15.9 Å². The number of hydrogen-bond acceptors (Lipinski definition) is 3. The topological polar surface area (TPSA) is 46.5 Å². The van der Waals surface area contributed by atoms with E-state index in [4.69, 9.17) is 5.11 Å². The van der Waals surface area contributed by atoms with Crippen LogP contribution in [-0.2, 0) is 4.74 Å². The van der Waals surface area contributed by atoms with Crippen LogP contribution in [-0.4, -0.2) is 17.9 Å². The van der Waals surface area contributed by atoms with Gasteiger partial charge in [-0.2, -0.15) is 0 Å². The molecule has 5 heteroatoms. The van der Waals surface area contributed by atoms with Gasteiger partial charge in [0.15, 0.2) is 6.79 Å². The van der Waals surface area contributed by atoms with Crippen LogP contribution in [0.2, 0.25) is 0 Å². The van der Waals surface area contributed by atoms with Gasteiger partial charge in [-0.15, -0.1) is 0 Å². The summed E-state index contributed by atoms with van der Waals surface area (Å²) < 4.78 is 30.1. The number of carbonyl (C=O) groups is 1. The van der Waals surface area contributed by atoms with Crippen molar-refractivity contribution in [1.29, 1.82) is 0 Å². The molecule has 0 aliphatic carbocycles. The van der Waals surface area contributed by atoms with Crippen molar-refractivity contribution < 1.29 is 23.4 Å². The zero-order valence-corrected chi connectivity index (χ0v) is 7.38. The number of benzene rings is 1. The van der Waals surface area contributed by atoms with E-state index in [1.165, 1.54) is 6.92 Å². The first-order chi connectivity index (χ1) is 6.56. The largest absolute Gasteiger partial charge is 0.435 e. The monoisotopic (exact) mass is 202 g/mol. The molecule has 1 N–H and O–H groups in total. The molecule has 0 aliphatic rings. The molecule has 0 fully saturated rings. The Morgan fingerprint density at radius 3 is 2.71 bits per heavy atom. The van der Waals surface area contributed by atoms with E-state index >= 15 is 0 Å². The summed E-state index contributed by atoms with van der Waals surface area (Å²) in [7, 11) is 0. The van der Waals surface area contributed by atoms with Gasteiger partial charge >= 0.3 is 5.97 Å². The molecule has 0 saturated carbocycles. The molecule has 0 heterocycles. The Labute approximate surface area is 78.9 Å². The first-order valence-corrected chi connectivity index (χ1v) is 3.80. The fraction of sp³-hybridized carbons (Fsp3) is 0.222. The van der Waals surface area contributed by atoms with Crippen molar-refractivity contribution in [2.24, 2.45) is 0 Å². The average molecular weight is 202 g/mol. The minimum absolute atomic E-state index is 0.00916. The predicted octanol–water partition coefficient (Wildman–Crippen LogP) is 1.38. The number of rotatable bonds is 2. The second-order valence-corrected chi connectivity index (χ2v) is 2.65. The molecule has 0 unspecified atom stereocenters. The summed E-state index contributed by atoms with van der Waals surface area (Å²) in [5, 5.41) is 8.27. The SMILES string of the molecule is Cc1cc(F)cc(C(=O)OCO)c1F. The zero-order valence-electron chi connectivity index (χ0n) is 7.38. The van der Waals surface area contributed by atoms with Crippen molar-refractivity contribution in [1.82, 2.24) is 0 Å². The molecule has 0 spiro atoms. The number of esters is 1. The van der Waals surface area contributed by atoms with E-state index in [0.29, 0.717) is 0 Å². The molecule has 76 valence electrons. The van der Waals surface area contributed by atoms with Gasteiger partial charge in [0, 0.05) is 0 Å². The third kappa shape index (κ3) is 2.05. The summed E-state index contributed by atoms with van der Waals surface area (Å²) in [4.78, 5) is 11.0. The van der Waals surface area contributed by atoms with Crippen molar-refractivity contribution >= 4 is 5.97 Å². The molecule has 1 aromatic carbocycles. The summed E-state index contributed by atoms with van der Waals surface area (Å²) in [6, 6.07) is 1.69. The Morgan fingerprint density at radius 1 is 1.50 bits per heavy atom. The fourth-order valence-electron chi connectivity index (χ4n) is 1.01. The van der Waals surface area contributed by atoms with Gasteiger partial charge in [0.1, 0.15) is 11.6 Å². The molecule has 0 aliphatic heterocycles. The van der Waals surface area contributed by atoms with Gasteiger partial charge < -0.3 is 9.84 Å². The minimum Gasteiger partial charge on any atom is -0.435 e. The van der Waals surface area contributed by atoms with E-state index in [1.807, 2.05) is 0 Å². The number of ether oxygens (including phenoxy) is 1. The Hall–Kier alpha value is -1.49. The third-order valence-corrected chi connectivity index (χ3v) is 1.63. The molecule has 0 atom stereocenters. The maximum atomic E-state index is 13.2. The molecule has 3 nitrogen and oxygen atoms in total. The first-order valence-electron chi connectivity index (χ1n) is 3.80. The molecule has 1 aromatic rings. The molecular formula is C9H8F2O3. The highest BCUT2D eigenvalue weighted by Crippen LogP contribution is 2.15. The van der Waals surface area contributed by atoms with Crippen LogP contribution in [0.4, 0.5) is 8.78 Å². The van der Waals surface area contributed by atoms with Gasteiger partial charge in [-0.3, -0.25) is 0 Å². The first kappa shape index (κ1) is 10.6. The molecule has 0 amide bonds. The van der Waals surface area contributed by atoms with Crippen LogP contribution in [0.15, 0.2) is 12.1 Å². The number of hydrogen-bond donors (Lipinski definition) is 1. The van der Waals surface area contributed by atoms with Gasteiger partial charge in [-0.1, -0.05) is 0 Å². The van der Waals surface area contributed by atoms with Gasteiger partial charge in [-0.05, 0) is 24.6 Å². The summed E-state index contributed by atoms with van der Waals surface area (Å²) >= 11 is 0. The zero-order chi connectivity index (χ0) is 10.7. The minimum atomic E-state index is -1.09. The van der Waals surface area contributed by atoms with Crippen LogP contribution < -0.4 is 0 Å². The van der Waals surface area contributed by atoms with E-state index in [-0.39, 0.29) is 5.56 Å². The molecular weight excluding hydrogens is 194 g/mol. The van der Waals surface area contributed by atoms with E-state index in [1.54, 1.807) is 0 Å². The smallest absolute Gasteiger partial charge is 0.343 e. The molecule has 1 rings (SSSR count). The molecule has 0 radical (unpaired) electrons. The second-order valence-electron chi connectivity index (χ2n) is 2.65. The lowest BCUT2D eigenvalue weighted by Gasteiger charge is -2.04. The van der Waals surface area contributed by atoms with Gasteiger partial charge in [0.25, 0.3) is 0 Å². The normalized spacial score (nSPS) is 10.0. The highest BCUT2D eigenvalue weighted by atomic mass is 19.1. The summed E-state index contributed by atoms with van der Waals surface area (Å²) in [5.41, 5.74) is -0.508. The number of aliphatic hydroxyl groups excluding tert-OH is 1. The lowest BCUT2D eigenvalue weighted by atomic mass is 10.1. The lowest BCUT2D eigenvalue weighted by molar-refractivity contribution is 0.00633. The predicted molar refractivity (Wildman–Crippen MR) is 43.6 cm³/mol. The maximum Gasteiger partial charge on any atom is 0.343 e. The van der Waals surface area contributed by atoms with Crippen LogP contribution >= 0.6 is 0 Å². The Balaban J connectivity index is 3.13. The standard InChI is InChI=1S/C9H8F2O3/c1-5-2-6(10)3-7(8(5)11)9(13)14-4-12/h2-3,12H,4H2,1H3. The number of aliphatic hydroxyl groups is 1. The Kier molecular flexibility index (Phi) is 3.14. The highest BCUT2D eigenvalue weighted by molar-refractivity contribution is 5.89. The van der Waals surface area contributed by atoms with E-state index in [9.17, 15) is 13.6 Å². The summed E-state index contributed by atoms with van der Waals surface area (Å²) in [6.45, 7) is 0.460. The van der Waals surface area contributed by atoms with E-state index in [0.717, 1.165) is 12.1 Å². The Morgan fingerprint density at radius 2 is 2.14 bits per heavy atom. The molecule has 0 saturated heterocycles. The van der Waals surface area contributed by atoms with E-state index in [2.05, 4.69) is 4.74 Å². The van der Waals surface area contributed by atoms with Gasteiger partial charge in [0.2, 0.25) is 0 Å². The van der Waals surface area contributed by atoms with Crippen molar-refractivity contribution in [3.63, 3.8) is 0 Å². The quantitative estimate of drug-likeness (QED) is 0.582. The van der Waals surface area contributed by atoms with Gasteiger partial charge in [-0.25, -0.2) is 13.6 Å². The highest BCUT2D eigenvalue weighted by Gasteiger charge is 2.16. The van der Waals surface area contributed by atoms with Crippen molar-refractivity contribution in [2.75, 3.05) is 6.79 Å². The van der Waals surface area contributed by atoms with Crippen molar-refractivity contribution in [3.8, 4) is 0 Å². The van der Waals surface area contributed by atoms with Gasteiger partial charge in [0.05, 0.1) is 5.56 Å². The molecule has 0 aromatic heterocycles. The summed E-state index contributed by atoms with van der Waals surface area (Å²) in [6.07, 6.45) is 0. The second kappa shape index (κ2) is 4.15. The van der Waals surface area contributed by atoms with Crippen LogP contribution in [0, 0.1) is 18.6 Å². The van der Waals surface area contributed by atoms with E-state index < -0.39 is 30.0 Å².